The smallest absolute Gasteiger partial charge is 0.263 e. The molecule has 3 rings (SSSR count). The van der Waals surface area contributed by atoms with Gasteiger partial charge in [-0.3, -0.25) is 9.62 Å². The SMILES string of the molecule is CC1CN(Cc2ccc(S(=O)(=O)Nc3ccccn3)cc2)CCO1. The molecule has 1 aromatic heterocycles. The van der Waals surface area contributed by atoms with Gasteiger partial charge in [0.15, 0.2) is 0 Å². The molecular weight excluding hydrogens is 326 g/mol. The van der Waals surface area contributed by atoms with Gasteiger partial charge in [0.1, 0.15) is 5.82 Å². The Morgan fingerprint density at radius 2 is 2.04 bits per heavy atom. The molecule has 1 saturated heterocycles. The Balaban J connectivity index is 1.67. The fraction of sp³-hybridized carbons (Fsp3) is 0.353. The van der Waals surface area contributed by atoms with Crippen LogP contribution in [0.2, 0.25) is 0 Å². The number of hydrogen-bond acceptors (Lipinski definition) is 5. The molecule has 1 aliphatic heterocycles. The molecule has 7 heteroatoms. The Bertz CT molecular complexity index is 763. The Morgan fingerprint density at radius 1 is 1.25 bits per heavy atom. The van der Waals surface area contributed by atoms with Crippen molar-refractivity contribution in [3.05, 3.63) is 54.2 Å². The Kier molecular flexibility index (Phi) is 5.13. The zero-order valence-electron chi connectivity index (χ0n) is 13.6. The molecule has 0 amide bonds. The number of nitrogens with zero attached hydrogens (tertiary/aromatic N) is 2. The molecule has 0 saturated carbocycles. The molecule has 0 bridgehead atoms. The number of sulfonamides is 1. The van der Waals surface area contributed by atoms with E-state index in [9.17, 15) is 8.42 Å². The summed E-state index contributed by atoms with van der Waals surface area (Å²) < 4.78 is 32.7. The largest absolute Gasteiger partial charge is 0.376 e. The predicted molar refractivity (Wildman–Crippen MR) is 92.2 cm³/mol. The number of hydrogen-bond donors (Lipinski definition) is 1. The van der Waals surface area contributed by atoms with E-state index in [0.29, 0.717) is 5.82 Å². The molecule has 1 atom stereocenters. The van der Waals surface area contributed by atoms with Crippen molar-refractivity contribution in [3.8, 4) is 0 Å². The van der Waals surface area contributed by atoms with Crippen molar-refractivity contribution in [1.29, 1.82) is 0 Å². The second kappa shape index (κ2) is 7.29. The summed E-state index contributed by atoms with van der Waals surface area (Å²) in [5.41, 5.74) is 1.08. The van der Waals surface area contributed by atoms with Crippen LogP contribution in [0.25, 0.3) is 0 Å². The predicted octanol–water partition coefficient (Wildman–Crippen LogP) is 2.10. The van der Waals surface area contributed by atoms with Gasteiger partial charge in [-0.05, 0) is 36.8 Å². The van der Waals surface area contributed by atoms with Gasteiger partial charge in [0, 0.05) is 25.8 Å². The first-order valence-electron chi connectivity index (χ1n) is 7.90. The lowest BCUT2D eigenvalue weighted by Crippen LogP contribution is -2.40. The molecule has 2 heterocycles. The summed E-state index contributed by atoms with van der Waals surface area (Å²) in [7, 11) is -3.62. The van der Waals surface area contributed by atoms with Gasteiger partial charge < -0.3 is 4.74 Å². The molecule has 6 nitrogen and oxygen atoms in total. The fourth-order valence-corrected chi connectivity index (χ4v) is 3.69. The lowest BCUT2D eigenvalue weighted by Gasteiger charge is -2.31. The third-order valence-electron chi connectivity index (χ3n) is 3.87. The van der Waals surface area contributed by atoms with Crippen LogP contribution in [0, 0.1) is 0 Å². The number of morpholine rings is 1. The minimum absolute atomic E-state index is 0.229. The first-order chi connectivity index (χ1) is 11.5. The van der Waals surface area contributed by atoms with E-state index >= 15 is 0 Å². The lowest BCUT2D eigenvalue weighted by atomic mass is 10.2. The molecule has 1 aliphatic rings. The van der Waals surface area contributed by atoms with E-state index in [1.165, 1.54) is 0 Å². The molecule has 0 radical (unpaired) electrons. The van der Waals surface area contributed by atoms with Gasteiger partial charge in [0.25, 0.3) is 10.0 Å². The van der Waals surface area contributed by atoms with Crippen molar-refractivity contribution < 1.29 is 13.2 Å². The molecular formula is C17H21N3O3S. The highest BCUT2D eigenvalue weighted by Gasteiger charge is 2.18. The molecule has 1 fully saturated rings. The molecule has 0 spiro atoms. The van der Waals surface area contributed by atoms with Crippen LogP contribution in [0.5, 0.6) is 0 Å². The second-order valence-corrected chi connectivity index (χ2v) is 7.56. The summed E-state index contributed by atoms with van der Waals surface area (Å²) in [6.07, 6.45) is 1.78. The minimum Gasteiger partial charge on any atom is -0.376 e. The highest BCUT2D eigenvalue weighted by molar-refractivity contribution is 7.92. The molecule has 2 aromatic rings. The van der Waals surface area contributed by atoms with E-state index in [4.69, 9.17) is 4.74 Å². The number of aromatic nitrogens is 1. The number of nitrogens with one attached hydrogen (secondary N) is 1. The topological polar surface area (TPSA) is 71.5 Å². The van der Waals surface area contributed by atoms with Crippen LogP contribution in [0.1, 0.15) is 12.5 Å². The summed E-state index contributed by atoms with van der Waals surface area (Å²) in [6, 6.07) is 12.1. The fourth-order valence-electron chi connectivity index (χ4n) is 2.69. The monoisotopic (exact) mass is 347 g/mol. The number of ether oxygens (including phenoxy) is 1. The van der Waals surface area contributed by atoms with Gasteiger partial charge in [-0.25, -0.2) is 13.4 Å². The van der Waals surface area contributed by atoms with Gasteiger partial charge in [0.05, 0.1) is 17.6 Å². The van der Waals surface area contributed by atoms with Crippen LogP contribution in [-0.2, 0) is 21.3 Å². The van der Waals surface area contributed by atoms with Crippen molar-refractivity contribution in [1.82, 2.24) is 9.88 Å². The van der Waals surface area contributed by atoms with Crippen molar-refractivity contribution in [2.24, 2.45) is 0 Å². The molecule has 128 valence electrons. The standard InChI is InChI=1S/C17H21N3O3S/c1-14-12-20(10-11-23-14)13-15-5-7-16(8-6-15)24(21,22)19-17-4-2-3-9-18-17/h2-9,14H,10-13H2,1H3,(H,18,19). The molecule has 24 heavy (non-hydrogen) atoms. The van der Waals surface area contributed by atoms with E-state index < -0.39 is 10.0 Å². The van der Waals surface area contributed by atoms with E-state index in [1.54, 1.807) is 36.5 Å². The maximum atomic E-state index is 12.4. The summed E-state index contributed by atoms with van der Waals surface area (Å²) in [5, 5.41) is 0. The van der Waals surface area contributed by atoms with Crippen molar-refractivity contribution >= 4 is 15.8 Å². The van der Waals surface area contributed by atoms with E-state index in [2.05, 4.69) is 21.5 Å². The molecule has 0 aliphatic carbocycles. The van der Waals surface area contributed by atoms with Crippen molar-refractivity contribution in [3.63, 3.8) is 0 Å². The minimum atomic E-state index is -3.62. The lowest BCUT2D eigenvalue weighted by molar-refractivity contribution is -0.0212. The maximum absolute atomic E-state index is 12.4. The molecule has 1 N–H and O–H groups in total. The van der Waals surface area contributed by atoms with Crippen LogP contribution in [0.3, 0.4) is 0 Å². The Hall–Kier alpha value is -1.96. The Labute approximate surface area is 142 Å². The van der Waals surface area contributed by atoms with Gasteiger partial charge in [-0.15, -0.1) is 0 Å². The van der Waals surface area contributed by atoms with Gasteiger partial charge in [-0.2, -0.15) is 0 Å². The maximum Gasteiger partial charge on any atom is 0.263 e. The first kappa shape index (κ1) is 16.9. The number of pyridine rings is 1. The van der Waals surface area contributed by atoms with Crippen LogP contribution in [0.4, 0.5) is 5.82 Å². The quantitative estimate of drug-likeness (QED) is 0.897. The number of anilines is 1. The van der Waals surface area contributed by atoms with Gasteiger partial charge in [-0.1, -0.05) is 18.2 Å². The normalized spacial score (nSPS) is 19.1. The average molecular weight is 347 g/mol. The first-order valence-corrected chi connectivity index (χ1v) is 9.38. The Morgan fingerprint density at radius 3 is 2.71 bits per heavy atom. The average Bonchev–Trinajstić information content (AvgIpc) is 2.56. The van der Waals surface area contributed by atoms with E-state index in [1.807, 2.05) is 12.1 Å². The zero-order valence-corrected chi connectivity index (χ0v) is 14.4. The van der Waals surface area contributed by atoms with Gasteiger partial charge in [0.2, 0.25) is 0 Å². The van der Waals surface area contributed by atoms with Crippen molar-refractivity contribution in [2.75, 3.05) is 24.4 Å². The number of rotatable bonds is 5. The van der Waals surface area contributed by atoms with Crippen LogP contribution >= 0.6 is 0 Å². The third-order valence-corrected chi connectivity index (χ3v) is 5.24. The number of benzene rings is 1. The van der Waals surface area contributed by atoms with Crippen molar-refractivity contribution in [2.45, 2.75) is 24.5 Å². The van der Waals surface area contributed by atoms with Crippen LogP contribution in [-0.4, -0.2) is 44.1 Å². The van der Waals surface area contributed by atoms with Crippen LogP contribution < -0.4 is 4.72 Å². The van der Waals surface area contributed by atoms with E-state index in [0.717, 1.165) is 31.8 Å². The highest BCUT2D eigenvalue weighted by Crippen LogP contribution is 2.16. The molecule has 1 unspecified atom stereocenters. The van der Waals surface area contributed by atoms with Gasteiger partial charge >= 0.3 is 0 Å². The highest BCUT2D eigenvalue weighted by atomic mass is 32.2. The summed E-state index contributed by atoms with van der Waals surface area (Å²) in [6.45, 7) is 5.38. The summed E-state index contributed by atoms with van der Waals surface area (Å²) in [5.74, 6) is 0.309. The third kappa shape index (κ3) is 4.31. The molecule has 1 aromatic carbocycles. The second-order valence-electron chi connectivity index (χ2n) is 5.88. The summed E-state index contributed by atoms with van der Waals surface area (Å²) in [4.78, 5) is 6.52. The summed E-state index contributed by atoms with van der Waals surface area (Å²) >= 11 is 0. The zero-order chi connectivity index (χ0) is 17.0. The van der Waals surface area contributed by atoms with E-state index in [-0.39, 0.29) is 11.0 Å². The van der Waals surface area contributed by atoms with Crippen LogP contribution in [0.15, 0.2) is 53.6 Å².